The summed E-state index contributed by atoms with van der Waals surface area (Å²) in [4.78, 5) is 4.90. The standard InChI is InChI=1S/C23H31FN2O3/c1-27-15-21-5-4-20(29-21)14-26-11-9-23(17-26)8-3-10-25(16-23)13-18-12-19(28-2)6-7-22(18)24/h4-7,12H,3,8-11,13-17H2,1-2H3/t23-/m0/s1. The van der Waals surface area contributed by atoms with Crippen molar-refractivity contribution in [1.82, 2.24) is 9.80 Å². The predicted octanol–water partition coefficient (Wildman–Crippen LogP) is 4.06. The Morgan fingerprint density at radius 1 is 1.00 bits per heavy atom. The molecule has 6 heteroatoms. The van der Waals surface area contributed by atoms with Crippen molar-refractivity contribution >= 4 is 0 Å². The fourth-order valence-corrected chi connectivity index (χ4v) is 4.93. The van der Waals surface area contributed by atoms with E-state index in [9.17, 15) is 4.39 Å². The molecule has 2 saturated heterocycles. The summed E-state index contributed by atoms with van der Waals surface area (Å²) >= 11 is 0. The number of piperidine rings is 1. The lowest BCUT2D eigenvalue weighted by Gasteiger charge is -2.40. The van der Waals surface area contributed by atoms with Crippen LogP contribution >= 0.6 is 0 Å². The summed E-state index contributed by atoms with van der Waals surface area (Å²) in [6.45, 7) is 6.20. The average Bonchev–Trinajstić information content (AvgIpc) is 3.31. The predicted molar refractivity (Wildman–Crippen MR) is 109 cm³/mol. The highest BCUT2D eigenvalue weighted by atomic mass is 19.1. The molecule has 0 radical (unpaired) electrons. The number of likely N-dealkylation sites (tertiary alicyclic amines) is 2. The van der Waals surface area contributed by atoms with Gasteiger partial charge in [-0.15, -0.1) is 0 Å². The molecule has 2 aliphatic heterocycles. The van der Waals surface area contributed by atoms with E-state index in [-0.39, 0.29) is 5.82 Å². The first-order chi connectivity index (χ1) is 14.1. The minimum atomic E-state index is -0.150. The van der Waals surface area contributed by atoms with Crippen LogP contribution in [0.15, 0.2) is 34.7 Å². The van der Waals surface area contributed by atoms with Crippen LogP contribution in [-0.4, -0.2) is 50.2 Å². The van der Waals surface area contributed by atoms with Gasteiger partial charge in [0.1, 0.15) is 29.7 Å². The van der Waals surface area contributed by atoms with E-state index in [1.807, 2.05) is 12.1 Å². The number of rotatable bonds is 7. The first-order valence-corrected chi connectivity index (χ1v) is 10.4. The molecule has 4 rings (SSSR count). The van der Waals surface area contributed by atoms with Crippen LogP contribution < -0.4 is 4.74 Å². The number of hydrogen-bond acceptors (Lipinski definition) is 5. The summed E-state index contributed by atoms with van der Waals surface area (Å²) < 4.78 is 30.6. The molecule has 0 N–H and O–H groups in total. The third-order valence-corrected chi connectivity index (χ3v) is 6.29. The number of hydrogen-bond donors (Lipinski definition) is 0. The van der Waals surface area contributed by atoms with E-state index >= 15 is 0 Å². The fraction of sp³-hybridized carbons (Fsp3) is 0.565. The maximum absolute atomic E-state index is 14.3. The fourth-order valence-electron chi connectivity index (χ4n) is 4.93. The van der Waals surface area contributed by atoms with E-state index in [0.717, 1.165) is 56.2 Å². The third-order valence-electron chi connectivity index (χ3n) is 6.29. The van der Waals surface area contributed by atoms with Crippen molar-refractivity contribution in [2.45, 2.75) is 39.0 Å². The Hall–Kier alpha value is -1.89. The maximum atomic E-state index is 14.3. The zero-order valence-electron chi connectivity index (χ0n) is 17.5. The Labute approximate surface area is 172 Å². The number of ether oxygens (including phenoxy) is 2. The second-order valence-electron chi connectivity index (χ2n) is 8.53. The van der Waals surface area contributed by atoms with Gasteiger partial charge in [-0.1, -0.05) is 0 Å². The molecule has 1 atom stereocenters. The highest BCUT2D eigenvalue weighted by Gasteiger charge is 2.41. The lowest BCUT2D eigenvalue weighted by atomic mass is 9.79. The SMILES string of the molecule is COCc1ccc(CN2CC[C@]3(CCCN(Cc4cc(OC)ccc4F)C3)C2)o1. The van der Waals surface area contributed by atoms with Gasteiger partial charge in [0.2, 0.25) is 0 Å². The summed E-state index contributed by atoms with van der Waals surface area (Å²) in [7, 11) is 3.30. The van der Waals surface area contributed by atoms with E-state index in [1.165, 1.54) is 18.9 Å². The molecule has 5 nitrogen and oxygen atoms in total. The number of methoxy groups -OCH3 is 2. The monoisotopic (exact) mass is 402 g/mol. The molecule has 0 saturated carbocycles. The molecular weight excluding hydrogens is 371 g/mol. The van der Waals surface area contributed by atoms with Gasteiger partial charge in [0.15, 0.2) is 0 Å². The van der Waals surface area contributed by atoms with Crippen LogP contribution in [0.5, 0.6) is 5.75 Å². The molecule has 2 aliphatic rings. The number of furan rings is 1. The second kappa shape index (κ2) is 8.86. The van der Waals surface area contributed by atoms with Gasteiger partial charge in [-0.2, -0.15) is 0 Å². The molecule has 0 amide bonds. The second-order valence-corrected chi connectivity index (χ2v) is 8.53. The molecule has 2 aromatic rings. The molecule has 158 valence electrons. The van der Waals surface area contributed by atoms with Crippen molar-refractivity contribution in [2.24, 2.45) is 5.41 Å². The topological polar surface area (TPSA) is 38.1 Å². The molecule has 0 aliphatic carbocycles. The van der Waals surface area contributed by atoms with Gasteiger partial charge in [0.25, 0.3) is 0 Å². The van der Waals surface area contributed by atoms with E-state index < -0.39 is 0 Å². The Morgan fingerprint density at radius 3 is 2.59 bits per heavy atom. The molecule has 1 aromatic heterocycles. The lowest BCUT2D eigenvalue weighted by molar-refractivity contribution is 0.0847. The minimum Gasteiger partial charge on any atom is -0.497 e. The van der Waals surface area contributed by atoms with Crippen LogP contribution in [0.2, 0.25) is 0 Å². The zero-order chi connectivity index (χ0) is 20.3. The molecule has 29 heavy (non-hydrogen) atoms. The van der Waals surface area contributed by atoms with Gasteiger partial charge in [-0.3, -0.25) is 9.80 Å². The van der Waals surface area contributed by atoms with E-state index in [0.29, 0.717) is 24.3 Å². The molecule has 0 bridgehead atoms. The summed E-state index contributed by atoms with van der Waals surface area (Å²) in [5.74, 6) is 2.44. The van der Waals surface area contributed by atoms with Crippen LogP contribution in [-0.2, 0) is 24.4 Å². The number of halogens is 1. The Kier molecular flexibility index (Phi) is 6.23. The van der Waals surface area contributed by atoms with Crippen LogP contribution in [0.1, 0.15) is 36.3 Å². The average molecular weight is 403 g/mol. The zero-order valence-corrected chi connectivity index (χ0v) is 17.5. The number of nitrogens with zero attached hydrogens (tertiary/aromatic N) is 2. The molecular formula is C23H31FN2O3. The van der Waals surface area contributed by atoms with Gasteiger partial charge >= 0.3 is 0 Å². The van der Waals surface area contributed by atoms with Crippen LogP contribution in [0.3, 0.4) is 0 Å². The first-order valence-electron chi connectivity index (χ1n) is 10.4. The Morgan fingerprint density at radius 2 is 1.79 bits per heavy atom. The number of benzene rings is 1. The van der Waals surface area contributed by atoms with Gasteiger partial charge in [-0.05, 0) is 68.1 Å². The van der Waals surface area contributed by atoms with Crippen LogP contribution in [0, 0.1) is 11.2 Å². The summed E-state index contributed by atoms with van der Waals surface area (Å²) in [5.41, 5.74) is 1.02. The molecule has 3 heterocycles. The van der Waals surface area contributed by atoms with E-state index in [2.05, 4.69) is 15.9 Å². The lowest BCUT2D eigenvalue weighted by Crippen LogP contribution is -2.44. The molecule has 1 aromatic carbocycles. The van der Waals surface area contributed by atoms with E-state index in [1.54, 1.807) is 20.3 Å². The summed E-state index contributed by atoms with van der Waals surface area (Å²) in [6, 6.07) is 9.06. The minimum absolute atomic E-state index is 0.150. The van der Waals surface area contributed by atoms with Crippen molar-refractivity contribution in [3.8, 4) is 5.75 Å². The smallest absolute Gasteiger partial charge is 0.129 e. The molecule has 2 fully saturated rings. The maximum Gasteiger partial charge on any atom is 0.129 e. The van der Waals surface area contributed by atoms with Crippen molar-refractivity contribution in [3.05, 3.63) is 53.2 Å². The Bertz CT molecular complexity index is 824. The van der Waals surface area contributed by atoms with Crippen LogP contribution in [0.4, 0.5) is 4.39 Å². The highest BCUT2D eigenvalue weighted by Crippen LogP contribution is 2.40. The van der Waals surface area contributed by atoms with Crippen LogP contribution in [0.25, 0.3) is 0 Å². The van der Waals surface area contributed by atoms with Crippen molar-refractivity contribution in [2.75, 3.05) is 40.4 Å². The normalized spacial score (nSPS) is 23.1. The summed E-state index contributed by atoms with van der Waals surface area (Å²) in [5, 5.41) is 0. The van der Waals surface area contributed by atoms with Crippen molar-refractivity contribution in [1.29, 1.82) is 0 Å². The Balaban J connectivity index is 1.36. The van der Waals surface area contributed by atoms with Crippen molar-refractivity contribution in [3.63, 3.8) is 0 Å². The highest BCUT2D eigenvalue weighted by molar-refractivity contribution is 5.29. The van der Waals surface area contributed by atoms with Gasteiger partial charge in [0, 0.05) is 32.3 Å². The third kappa shape index (κ3) is 4.82. The van der Waals surface area contributed by atoms with Gasteiger partial charge in [0.05, 0.1) is 13.7 Å². The summed E-state index contributed by atoms with van der Waals surface area (Å²) in [6.07, 6.45) is 3.60. The first kappa shape index (κ1) is 20.4. The van der Waals surface area contributed by atoms with Gasteiger partial charge < -0.3 is 13.9 Å². The van der Waals surface area contributed by atoms with Gasteiger partial charge in [-0.25, -0.2) is 4.39 Å². The molecule has 0 unspecified atom stereocenters. The molecule has 1 spiro atoms. The van der Waals surface area contributed by atoms with E-state index in [4.69, 9.17) is 13.9 Å². The van der Waals surface area contributed by atoms with Crippen molar-refractivity contribution < 1.29 is 18.3 Å². The quantitative estimate of drug-likeness (QED) is 0.698. The largest absolute Gasteiger partial charge is 0.497 e.